The molecule has 1 rings (SSSR count). The van der Waals surface area contributed by atoms with Gasteiger partial charge in [-0.3, -0.25) is 4.79 Å². The molecule has 1 aromatic heterocycles. The average Bonchev–Trinajstić information content (AvgIpc) is 2.36. The lowest BCUT2D eigenvalue weighted by molar-refractivity contribution is -0.116. The summed E-state index contributed by atoms with van der Waals surface area (Å²) >= 11 is 6.67. The lowest BCUT2D eigenvalue weighted by Gasteiger charge is -1.96. The van der Waals surface area contributed by atoms with Crippen molar-refractivity contribution in [1.82, 2.24) is 10.2 Å². The van der Waals surface area contributed by atoms with Gasteiger partial charge >= 0.3 is 0 Å². The van der Waals surface area contributed by atoms with E-state index in [2.05, 4.69) is 15.5 Å². The molecule has 12 heavy (non-hydrogen) atoms. The topological polar surface area (TPSA) is 54.9 Å². The first-order chi connectivity index (χ1) is 5.72. The van der Waals surface area contributed by atoms with Crippen molar-refractivity contribution in [3.05, 3.63) is 4.47 Å². The Labute approximate surface area is 79.0 Å². The number of hydrogen-bond acceptors (Lipinski definition) is 4. The Balaban J connectivity index is 2.46. The molecule has 66 valence electrons. The zero-order chi connectivity index (χ0) is 8.97. The molecule has 0 radical (unpaired) electrons. The molecule has 1 aromatic rings. The van der Waals surface area contributed by atoms with Gasteiger partial charge in [-0.25, -0.2) is 0 Å². The van der Waals surface area contributed by atoms with Gasteiger partial charge in [-0.2, -0.15) is 0 Å². The SMILES string of the molecule is CCCC(=O)Nc1nnc(Cl)s1. The van der Waals surface area contributed by atoms with Crippen LogP contribution in [0.25, 0.3) is 0 Å². The van der Waals surface area contributed by atoms with E-state index in [1.54, 1.807) is 0 Å². The Morgan fingerprint density at radius 1 is 1.67 bits per heavy atom. The number of rotatable bonds is 3. The van der Waals surface area contributed by atoms with E-state index in [9.17, 15) is 4.79 Å². The van der Waals surface area contributed by atoms with Crippen molar-refractivity contribution < 1.29 is 4.79 Å². The van der Waals surface area contributed by atoms with E-state index in [1.165, 1.54) is 0 Å². The third-order valence-corrected chi connectivity index (χ3v) is 2.06. The molecule has 1 heterocycles. The molecule has 1 N–H and O–H groups in total. The van der Waals surface area contributed by atoms with E-state index in [0.717, 1.165) is 17.8 Å². The van der Waals surface area contributed by atoms with E-state index in [0.29, 0.717) is 16.0 Å². The number of hydrogen-bond donors (Lipinski definition) is 1. The summed E-state index contributed by atoms with van der Waals surface area (Å²) in [5, 5.41) is 10.2. The fraction of sp³-hybridized carbons (Fsp3) is 0.500. The van der Waals surface area contributed by atoms with Gasteiger partial charge in [0.2, 0.25) is 15.5 Å². The van der Waals surface area contributed by atoms with Gasteiger partial charge in [0.1, 0.15) is 0 Å². The number of amides is 1. The minimum atomic E-state index is -0.0506. The Morgan fingerprint density at radius 2 is 2.42 bits per heavy atom. The minimum absolute atomic E-state index is 0.0506. The molecule has 0 aromatic carbocycles. The van der Waals surface area contributed by atoms with Crippen molar-refractivity contribution in [1.29, 1.82) is 0 Å². The molecule has 6 heteroatoms. The Kier molecular flexibility index (Phi) is 3.43. The molecule has 0 saturated carbocycles. The predicted molar refractivity (Wildman–Crippen MR) is 48.5 cm³/mol. The second-order valence-electron chi connectivity index (χ2n) is 2.16. The predicted octanol–water partition coefficient (Wildman–Crippen LogP) is 1.93. The van der Waals surface area contributed by atoms with Crippen molar-refractivity contribution >= 4 is 34.0 Å². The summed E-state index contributed by atoms with van der Waals surface area (Å²) in [5.74, 6) is -0.0506. The van der Waals surface area contributed by atoms with Crippen LogP contribution in [0.5, 0.6) is 0 Å². The number of nitrogens with one attached hydrogen (secondary N) is 1. The van der Waals surface area contributed by atoms with Crippen LogP contribution >= 0.6 is 22.9 Å². The van der Waals surface area contributed by atoms with Gasteiger partial charge in [-0.1, -0.05) is 18.3 Å². The quantitative estimate of drug-likeness (QED) is 0.821. The van der Waals surface area contributed by atoms with Crippen LogP contribution in [0.1, 0.15) is 19.8 Å². The molecule has 0 spiro atoms. The number of aromatic nitrogens is 2. The summed E-state index contributed by atoms with van der Waals surface area (Å²) in [7, 11) is 0. The van der Waals surface area contributed by atoms with Crippen LogP contribution in [0.3, 0.4) is 0 Å². The molecule has 0 fully saturated rings. The first kappa shape index (κ1) is 9.41. The fourth-order valence-electron chi connectivity index (χ4n) is 0.665. The molecular formula is C6H8ClN3OS. The zero-order valence-corrected chi connectivity index (χ0v) is 8.08. The summed E-state index contributed by atoms with van der Waals surface area (Å²) in [6.07, 6.45) is 1.32. The molecule has 0 aliphatic rings. The molecule has 1 amide bonds. The maximum absolute atomic E-state index is 11.0. The largest absolute Gasteiger partial charge is 0.300 e. The lowest BCUT2D eigenvalue weighted by atomic mass is 10.3. The van der Waals surface area contributed by atoms with Gasteiger partial charge < -0.3 is 5.32 Å². The minimum Gasteiger partial charge on any atom is -0.300 e. The highest BCUT2D eigenvalue weighted by Crippen LogP contribution is 2.19. The van der Waals surface area contributed by atoms with Crippen molar-refractivity contribution in [2.45, 2.75) is 19.8 Å². The van der Waals surface area contributed by atoms with E-state index < -0.39 is 0 Å². The summed E-state index contributed by atoms with van der Waals surface area (Å²) in [5.41, 5.74) is 0. The lowest BCUT2D eigenvalue weighted by Crippen LogP contribution is -2.10. The first-order valence-corrected chi connectivity index (χ1v) is 4.70. The van der Waals surface area contributed by atoms with Crippen LogP contribution < -0.4 is 5.32 Å². The van der Waals surface area contributed by atoms with Gasteiger partial charge in [-0.05, 0) is 18.0 Å². The highest BCUT2D eigenvalue weighted by atomic mass is 35.5. The van der Waals surface area contributed by atoms with Gasteiger partial charge in [0, 0.05) is 6.42 Å². The normalized spacial score (nSPS) is 9.83. The molecule has 0 saturated heterocycles. The molecule has 0 aliphatic heterocycles. The number of anilines is 1. The smallest absolute Gasteiger partial charge is 0.226 e. The molecule has 0 unspecified atom stereocenters. The Morgan fingerprint density at radius 3 is 2.92 bits per heavy atom. The second kappa shape index (κ2) is 4.37. The van der Waals surface area contributed by atoms with Crippen molar-refractivity contribution in [2.75, 3.05) is 5.32 Å². The van der Waals surface area contributed by atoms with Crippen molar-refractivity contribution in [3.8, 4) is 0 Å². The number of halogens is 1. The van der Waals surface area contributed by atoms with E-state index in [1.807, 2.05) is 6.92 Å². The van der Waals surface area contributed by atoms with Crippen LogP contribution in [-0.4, -0.2) is 16.1 Å². The zero-order valence-electron chi connectivity index (χ0n) is 6.50. The first-order valence-electron chi connectivity index (χ1n) is 3.51. The number of nitrogens with zero attached hydrogens (tertiary/aromatic N) is 2. The molecule has 0 bridgehead atoms. The fourth-order valence-corrected chi connectivity index (χ4v) is 1.41. The summed E-state index contributed by atoms with van der Waals surface area (Å²) in [4.78, 5) is 11.0. The molecule has 0 aliphatic carbocycles. The highest BCUT2D eigenvalue weighted by molar-refractivity contribution is 7.19. The summed E-state index contributed by atoms with van der Waals surface area (Å²) in [6, 6.07) is 0. The van der Waals surface area contributed by atoms with Gasteiger partial charge in [0.15, 0.2) is 0 Å². The van der Waals surface area contributed by atoms with Crippen LogP contribution in [0.4, 0.5) is 5.13 Å². The van der Waals surface area contributed by atoms with Gasteiger partial charge in [-0.15, -0.1) is 10.2 Å². The summed E-state index contributed by atoms with van der Waals surface area (Å²) in [6.45, 7) is 1.94. The van der Waals surface area contributed by atoms with Gasteiger partial charge in [0.25, 0.3) is 0 Å². The Bertz CT molecular complexity index is 276. The van der Waals surface area contributed by atoms with E-state index in [4.69, 9.17) is 11.6 Å². The molecule has 0 atom stereocenters. The molecular weight excluding hydrogens is 198 g/mol. The van der Waals surface area contributed by atoms with Crippen LogP contribution in [0.2, 0.25) is 4.47 Å². The molecule has 4 nitrogen and oxygen atoms in total. The van der Waals surface area contributed by atoms with E-state index in [-0.39, 0.29) is 5.91 Å². The van der Waals surface area contributed by atoms with Crippen LogP contribution in [0, 0.1) is 0 Å². The van der Waals surface area contributed by atoms with E-state index >= 15 is 0 Å². The second-order valence-corrected chi connectivity index (χ2v) is 3.72. The third-order valence-electron chi connectivity index (χ3n) is 1.12. The van der Waals surface area contributed by atoms with Crippen LogP contribution in [0.15, 0.2) is 0 Å². The monoisotopic (exact) mass is 205 g/mol. The number of carbonyl (C=O) groups excluding carboxylic acids is 1. The average molecular weight is 206 g/mol. The Hall–Kier alpha value is -0.680. The van der Waals surface area contributed by atoms with Crippen LogP contribution in [-0.2, 0) is 4.79 Å². The van der Waals surface area contributed by atoms with Crippen molar-refractivity contribution in [3.63, 3.8) is 0 Å². The van der Waals surface area contributed by atoms with Gasteiger partial charge in [0.05, 0.1) is 0 Å². The van der Waals surface area contributed by atoms with Crippen molar-refractivity contribution in [2.24, 2.45) is 0 Å². The summed E-state index contributed by atoms with van der Waals surface area (Å²) < 4.78 is 0.335. The third kappa shape index (κ3) is 2.75. The highest BCUT2D eigenvalue weighted by Gasteiger charge is 2.04. The maximum atomic E-state index is 11.0. The standard InChI is InChI=1S/C6H8ClN3OS/c1-2-3-4(11)8-6-10-9-5(7)12-6/h2-3H2,1H3,(H,8,10,11). The number of carbonyl (C=O) groups is 1. The maximum Gasteiger partial charge on any atom is 0.226 e.